The molecule has 15 heavy (non-hydrogen) atoms. The Kier molecular flexibility index (Phi) is 2.81. The fourth-order valence-electron chi connectivity index (χ4n) is 1.61. The van der Waals surface area contributed by atoms with Crippen LogP contribution in [-0.2, 0) is 0 Å². The van der Waals surface area contributed by atoms with Crippen molar-refractivity contribution in [3.63, 3.8) is 0 Å². The summed E-state index contributed by atoms with van der Waals surface area (Å²) in [6, 6.07) is 4.24. The largest absolute Gasteiger partial charge is 0.225 e. The van der Waals surface area contributed by atoms with Crippen molar-refractivity contribution in [3.05, 3.63) is 38.7 Å². The number of hydrogen-bond acceptors (Lipinski definition) is 2. The number of thiazole rings is 1. The summed E-state index contributed by atoms with van der Waals surface area (Å²) in [5.74, 6) is 0. The summed E-state index contributed by atoms with van der Waals surface area (Å²) in [4.78, 5) is 4.30. The first kappa shape index (κ1) is 10.7. The Morgan fingerprint density at radius 2 is 1.87 bits per heavy atom. The van der Waals surface area contributed by atoms with Crippen LogP contribution in [0.15, 0.2) is 17.5 Å². The highest BCUT2D eigenvalue weighted by molar-refractivity contribution is 7.14. The zero-order valence-corrected chi connectivity index (χ0v) is 10.5. The van der Waals surface area contributed by atoms with Gasteiger partial charge in [0.1, 0.15) is 0 Å². The van der Waals surface area contributed by atoms with Crippen molar-refractivity contribution >= 4 is 22.9 Å². The molecule has 0 spiro atoms. The van der Waals surface area contributed by atoms with Gasteiger partial charge in [-0.25, -0.2) is 4.98 Å². The van der Waals surface area contributed by atoms with Gasteiger partial charge < -0.3 is 0 Å². The van der Waals surface area contributed by atoms with E-state index in [-0.39, 0.29) is 0 Å². The first-order valence-corrected chi connectivity index (χ1v) is 6.03. The molecule has 0 amide bonds. The van der Waals surface area contributed by atoms with Crippen molar-refractivity contribution in [2.75, 3.05) is 0 Å². The maximum absolute atomic E-state index is 5.84. The molecule has 0 saturated heterocycles. The van der Waals surface area contributed by atoms with Crippen LogP contribution in [-0.4, -0.2) is 4.98 Å². The molecule has 0 fully saturated rings. The van der Waals surface area contributed by atoms with Crippen LogP contribution in [0.5, 0.6) is 0 Å². The summed E-state index contributed by atoms with van der Waals surface area (Å²) in [5, 5.41) is 2.00. The second-order valence-electron chi connectivity index (χ2n) is 3.67. The third kappa shape index (κ3) is 1.92. The lowest BCUT2D eigenvalue weighted by Crippen LogP contribution is -1.90. The molecule has 1 aromatic heterocycles. The van der Waals surface area contributed by atoms with E-state index in [4.69, 9.17) is 11.6 Å². The van der Waals surface area contributed by atoms with Crippen molar-refractivity contribution in [3.8, 4) is 11.3 Å². The van der Waals surface area contributed by atoms with E-state index in [0.717, 1.165) is 5.69 Å². The number of aromatic nitrogens is 1. The standard InChI is InChI=1S/C12H12ClNS/c1-7-4-5-10(9(3)8(7)2)11-6-15-12(13)14-11/h4-6H,1-3H3. The molecule has 0 unspecified atom stereocenters. The Bertz CT molecular complexity index is 502. The van der Waals surface area contributed by atoms with Gasteiger partial charge in [0, 0.05) is 10.9 Å². The van der Waals surface area contributed by atoms with Gasteiger partial charge in [-0.3, -0.25) is 0 Å². The molecule has 0 atom stereocenters. The average Bonchev–Trinajstić information content (AvgIpc) is 2.61. The van der Waals surface area contributed by atoms with Crippen LogP contribution in [0.25, 0.3) is 11.3 Å². The minimum absolute atomic E-state index is 0.600. The van der Waals surface area contributed by atoms with Gasteiger partial charge in [-0.15, -0.1) is 11.3 Å². The van der Waals surface area contributed by atoms with Gasteiger partial charge >= 0.3 is 0 Å². The molecule has 78 valence electrons. The van der Waals surface area contributed by atoms with Crippen LogP contribution >= 0.6 is 22.9 Å². The molecular weight excluding hydrogens is 226 g/mol. The van der Waals surface area contributed by atoms with Gasteiger partial charge in [0.15, 0.2) is 4.47 Å². The second kappa shape index (κ2) is 3.95. The van der Waals surface area contributed by atoms with Crippen molar-refractivity contribution in [1.82, 2.24) is 4.98 Å². The van der Waals surface area contributed by atoms with Gasteiger partial charge in [0.2, 0.25) is 0 Å². The number of hydrogen-bond donors (Lipinski definition) is 0. The Morgan fingerprint density at radius 1 is 1.13 bits per heavy atom. The smallest absolute Gasteiger partial charge is 0.184 e. The van der Waals surface area contributed by atoms with Gasteiger partial charge in [0.25, 0.3) is 0 Å². The van der Waals surface area contributed by atoms with E-state index in [9.17, 15) is 0 Å². The minimum atomic E-state index is 0.600. The van der Waals surface area contributed by atoms with Crippen molar-refractivity contribution < 1.29 is 0 Å². The number of rotatable bonds is 1. The summed E-state index contributed by atoms with van der Waals surface area (Å²) in [6.45, 7) is 6.40. The SMILES string of the molecule is Cc1ccc(-c2csc(Cl)n2)c(C)c1C. The Labute approximate surface area is 98.7 Å². The summed E-state index contributed by atoms with van der Waals surface area (Å²) in [5.41, 5.74) is 6.10. The minimum Gasteiger partial charge on any atom is -0.225 e. The maximum atomic E-state index is 5.84. The van der Waals surface area contributed by atoms with Gasteiger partial charge in [-0.05, 0) is 37.5 Å². The molecule has 0 N–H and O–H groups in total. The highest BCUT2D eigenvalue weighted by Crippen LogP contribution is 2.29. The Morgan fingerprint density at radius 3 is 2.47 bits per heavy atom. The van der Waals surface area contributed by atoms with Crippen LogP contribution in [0.3, 0.4) is 0 Å². The maximum Gasteiger partial charge on any atom is 0.184 e. The molecule has 0 radical (unpaired) electrons. The van der Waals surface area contributed by atoms with Crippen LogP contribution in [0.1, 0.15) is 16.7 Å². The quantitative estimate of drug-likeness (QED) is 0.717. The fourth-order valence-corrected chi connectivity index (χ4v) is 2.37. The molecule has 1 aromatic carbocycles. The van der Waals surface area contributed by atoms with Crippen LogP contribution in [0.2, 0.25) is 4.47 Å². The summed E-state index contributed by atoms with van der Waals surface area (Å²) in [6.07, 6.45) is 0. The molecule has 0 saturated carbocycles. The normalized spacial score (nSPS) is 10.7. The number of halogens is 1. The zero-order valence-electron chi connectivity index (χ0n) is 8.97. The predicted octanol–water partition coefficient (Wildman–Crippen LogP) is 4.39. The predicted molar refractivity (Wildman–Crippen MR) is 66.8 cm³/mol. The molecule has 0 aliphatic rings. The third-order valence-corrected chi connectivity index (χ3v) is 3.79. The average molecular weight is 238 g/mol. The Hall–Kier alpha value is -0.860. The van der Waals surface area contributed by atoms with E-state index in [1.54, 1.807) is 0 Å². The van der Waals surface area contributed by atoms with E-state index in [2.05, 4.69) is 37.9 Å². The zero-order chi connectivity index (χ0) is 11.0. The summed E-state index contributed by atoms with van der Waals surface area (Å²) in [7, 11) is 0. The lowest BCUT2D eigenvalue weighted by Gasteiger charge is -2.08. The highest BCUT2D eigenvalue weighted by Gasteiger charge is 2.08. The number of benzene rings is 1. The van der Waals surface area contributed by atoms with Crippen LogP contribution < -0.4 is 0 Å². The summed E-state index contributed by atoms with van der Waals surface area (Å²) >= 11 is 7.31. The fraction of sp³-hybridized carbons (Fsp3) is 0.250. The van der Waals surface area contributed by atoms with Crippen LogP contribution in [0, 0.1) is 20.8 Å². The molecule has 1 heterocycles. The molecule has 3 heteroatoms. The monoisotopic (exact) mass is 237 g/mol. The molecule has 2 rings (SSSR count). The second-order valence-corrected chi connectivity index (χ2v) is 5.11. The lowest BCUT2D eigenvalue weighted by molar-refractivity contribution is 1.25. The molecule has 1 nitrogen and oxygen atoms in total. The molecular formula is C12H12ClNS. The van der Waals surface area contributed by atoms with Crippen LogP contribution in [0.4, 0.5) is 0 Å². The Balaban J connectivity index is 2.59. The first-order valence-electron chi connectivity index (χ1n) is 4.78. The number of nitrogens with zero attached hydrogens (tertiary/aromatic N) is 1. The van der Waals surface area contributed by atoms with E-state index < -0.39 is 0 Å². The van der Waals surface area contributed by atoms with E-state index in [1.807, 2.05) is 5.38 Å². The molecule has 0 aliphatic heterocycles. The first-order chi connectivity index (χ1) is 7.09. The molecule has 0 bridgehead atoms. The van der Waals surface area contributed by atoms with Crippen molar-refractivity contribution in [2.24, 2.45) is 0 Å². The third-order valence-electron chi connectivity index (χ3n) is 2.81. The highest BCUT2D eigenvalue weighted by atomic mass is 35.5. The van der Waals surface area contributed by atoms with E-state index in [1.165, 1.54) is 33.6 Å². The summed E-state index contributed by atoms with van der Waals surface area (Å²) < 4.78 is 0.600. The van der Waals surface area contributed by atoms with Gasteiger partial charge in [-0.1, -0.05) is 23.7 Å². The van der Waals surface area contributed by atoms with E-state index >= 15 is 0 Å². The van der Waals surface area contributed by atoms with Crippen molar-refractivity contribution in [2.45, 2.75) is 20.8 Å². The molecule has 2 aromatic rings. The lowest BCUT2D eigenvalue weighted by atomic mass is 9.97. The van der Waals surface area contributed by atoms with E-state index in [0.29, 0.717) is 4.47 Å². The van der Waals surface area contributed by atoms with Crippen molar-refractivity contribution in [1.29, 1.82) is 0 Å². The topological polar surface area (TPSA) is 12.9 Å². The number of aryl methyl sites for hydroxylation is 1. The van der Waals surface area contributed by atoms with Gasteiger partial charge in [-0.2, -0.15) is 0 Å². The van der Waals surface area contributed by atoms with Gasteiger partial charge in [0.05, 0.1) is 5.69 Å². The molecule has 0 aliphatic carbocycles.